The van der Waals surface area contributed by atoms with Crippen LogP contribution in [0.25, 0.3) is 32.9 Å². The Bertz CT molecular complexity index is 971. The molecule has 102 valence electrons. The van der Waals surface area contributed by atoms with Gasteiger partial charge in [0, 0.05) is 31.0 Å². The van der Waals surface area contributed by atoms with Crippen LogP contribution >= 0.6 is 22.6 Å². The van der Waals surface area contributed by atoms with Crippen LogP contribution in [-0.4, -0.2) is 4.98 Å². The van der Waals surface area contributed by atoms with E-state index in [4.69, 9.17) is 0 Å². The summed E-state index contributed by atoms with van der Waals surface area (Å²) in [7, 11) is 0. The first kappa shape index (κ1) is 12.8. The predicted octanol–water partition coefficient (Wildman–Crippen LogP) is 5.73. The Morgan fingerprint density at radius 3 is 2.43 bits per heavy atom. The number of rotatable bonds is 1. The van der Waals surface area contributed by atoms with Gasteiger partial charge in [-0.15, -0.1) is 0 Å². The minimum absolute atomic E-state index is 0.196. The maximum atomic E-state index is 14.1. The van der Waals surface area contributed by atoms with Gasteiger partial charge in [-0.3, -0.25) is 0 Å². The molecule has 3 aromatic carbocycles. The number of hydrogen-bond donors (Lipinski definition) is 1. The molecule has 0 amide bonds. The number of hydrogen-bond acceptors (Lipinski definition) is 0. The number of aromatic amines is 1. The van der Waals surface area contributed by atoms with Crippen LogP contribution in [0.2, 0.25) is 0 Å². The second-order valence-electron chi connectivity index (χ2n) is 5.00. The number of benzene rings is 3. The van der Waals surface area contributed by atoms with Gasteiger partial charge >= 0.3 is 0 Å². The molecule has 0 saturated heterocycles. The van der Waals surface area contributed by atoms with Crippen LogP contribution < -0.4 is 0 Å². The largest absolute Gasteiger partial charge is 0.354 e. The Labute approximate surface area is 134 Å². The lowest BCUT2D eigenvalue weighted by Gasteiger charge is -2.05. The minimum Gasteiger partial charge on any atom is -0.354 e. The summed E-state index contributed by atoms with van der Waals surface area (Å²) in [5.41, 5.74) is 3.60. The second-order valence-corrected chi connectivity index (χ2v) is 6.16. The molecule has 0 aliphatic heterocycles. The first-order valence-electron chi connectivity index (χ1n) is 6.69. The summed E-state index contributed by atoms with van der Waals surface area (Å²) in [4.78, 5) is 3.44. The summed E-state index contributed by atoms with van der Waals surface area (Å²) >= 11 is 2.34. The molecule has 0 aliphatic carbocycles. The third-order valence-electron chi connectivity index (χ3n) is 3.77. The van der Waals surface area contributed by atoms with Crippen LogP contribution in [0.4, 0.5) is 4.39 Å². The van der Waals surface area contributed by atoms with E-state index in [2.05, 4.69) is 45.8 Å². The molecular formula is C18H11FIN. The van der Waals surface area contributed by atoms with E-state index in [1.165, 1.54) is 15.0 Å². The Morgan fingerprint density at radius 2 is 1.57 bits per heavy atom. The van der Waals surface area contributed by atoms with Crippen molar-refractivity contribution in [3.8, 4) is 11.1 Å². The highest BCUT2D eigenvalue weighted by molar-refractivity contribution is 14.1. The van der Waals surface area contributed by atoms with Crippen LogP contribution in [-0.2, 0) is 0 Å². The van der Waals surface area contributed by atoms with Gasteiger partial charge in [0.2, 0.25) is 0 Å². The van der Waals surface area contributed by atoms with Crippen molar-refractivity contribution in [1.82, 2.24) is 4.98 Å². The lowest BCUT2D eigenvalue weighted by molar-refractivity contribution is 0.631. The van der Waals surface area contributed by atoms with Gasteiger partial charge in [0.25, 0.3) is 0 Å². The highest BCUT2D eigenvalue weighted by atomic mass is 127. The van der Waals surface area contributed by atoms with Crippen LogP contribution in [0.5, 0.6) is 0 Å². The molecule has 1 heterocycles. The summed E-state index contributed by atoms with van der Waals surface area (Å²) in [5.74, 6) is -0.196. The molecule has 4 rings (SSSR count). The minimum atomic E-state index is -0.196. The first-order chi connectivity index (χ1) is 10.3. The summed E-state index contributed by atoms with van der Waals surface area (Å²) < 4.78 is 15.3. The monoisotopic (exact) mass is 387 g/mol. The molecule has 0 saturated carbocycles. The molecule has 1 N–H and O–H groups in total. The fourth-order valence-electron chi connectivity index (χ4n) is 2.84. The smallest absolute Gasteiger partial charge is 0.131 e. The normalized spacial score (nSPS) is 11.3. The average Bonchev–Trinajstić information content (AvgIpc) is 2.87. The maximum Gasteiger partial charge on any atom is 0.131 e. The van der Waals surface area contributed by atoms with Crippen LogP contribution in [0.15, 0.2) is 60.7 Å². The molecule has 1 nitrogen and oxygen atoms in total. The summed E-state index contributed by atoms with van der Waals surface area (Å²) in [5, 5.41) is 2.34. The van der Waals surface area contributed by atoms with Gasteiger partial charge in [0.15, 0.2) is 0 Å². The zero-order valence-corrected chi connectivity index (χ0v) is 13.2. The molecule has 0 aliphatic rings. The maximum absolute atomic E-state index is 14.1. The third-order valence-corrected chi connectivity index (χ3v) is 4.67. The van der Waals surface area contributed by atoms with Gasteiger partial charge in [-0.25, -0.2) is 4.39 Å². The van der Waals surface area contributed by atoms with E-state index < -0.39 is 0 Å². The van der Waals surface area contributed by atoms with Crippen molar-refractivity contribution >= 4 is 44.4 Å². The number of para-hydroxylation sites is 1. The standard InChI is InChI=1S/C18H11FIN/c19-14-8-2-1-5-11(14)12-6-3-7-13-17-15(20)9-4-10-16(17)21-18(12)13/h1-10,21H. The fourth-order valence-corrected chi connectivity index (χ4v) is 3.62. The van der Waals surface area contributed by atoms with Crippen LogP contribution in [0.1, 0.15) is 0 Å². The molecule has 0 bridgehead atoms. The van der Waals surface area contributed by atoms with Crippen molar-refractivity contribution < 1.29 is 4.39 Å². The first-order valence-corrected chi connectivity index (χ1v) is 7.77. The molecule has 0 atom stereocenters. The fraction of sp³-hybridized carbons (Fsp3) is 0. The quantitative estimate of drug-likeness (QED) is 0.402. The number of fused-ring (bicyclic) bond motifs is 3. The van der Waals surface area contributed by atoms with Crippen molar-refractivity contribution in [2.75, 3.05) is 0 Å². The van der Waals surface area contributed by atoms with Crippen molar-refractivity contribution in [1.29, 1.82) is 0 Å². The lowest BCUT2D eigenvalue weighted by atomic mass is 10.0. The van der Waals surface area contributed by atoms with Gasteiger partial charge in [0.05, 0.1) is 5.52 Å². The lowest BCUT2D eigenvalue weighted by Crippen LogP contribution is -1.85. The zero-order valence-electron chi connectivity index (χ0n) is 11.0. The van der Waals surface area contributed by atoms with E-state index in [0.717, 1.165) is 22.0 Å². The van der Waals surface area contributed by atoms with Gasteiger partial charge in [-0.2, -0.15) is 0 Å². The topological polar surface area (TPSA) is 15.8 Å². The summed E-state index contributed by atoms with van der Waals surface area (Å²) in [6.07, 6.45) is 0. The van der Waals surface area contributed by atoms with E-state index in [0.29, 0.717) is 5.56 Å². The van der Waals surface area contributed by atoms with Gasteiger partial charge in [0.1, 0.15) is 5.82 Å². The van der Waals surface area contributed by atoms with E-state index in [9.17, 15) is 4.39 Å². The SMILES string of the molecule is Fc1ccccc1-c1cccc2c1[nH]c1cccc(I)c12. The van der Waals surface area contributed by atoms with Crippen molar-refractivity contribution in [2.45, 2.75) is 0 Å². The second kappa shape index (κ2) is 4.84. The summed E-state index contributed by atoms with van der Waals surface area (Å²) in [6, 6.07) is 19.1. The molecule has 0 spiro atoms. The van der Waals surface area contributed by atoms with Gasteiger partial charge < -0.3 is 4.98 Å². The highest BCUT2D eigenvalue weighted by Crippen LogP contribution is 2.35. The molecular weight excluding hydrogens is 376 g/mol. The van der Waals surface area contributed by atoms with E-state index in [1.54, 1.807) is 6.07 Å². The molecule has 3 heteroatoms. The number of nitrogens with one attached hydrogen (secondary N) is 1. The van der Waals surface area contributed by atoms with Crippen molar-refractivity contribution in [2.24, 2.45) is 0 Å². The van der Waals surface area contributed by atoms with Crippen LogP contribution in [0.3, 0.4) is 0 Å². The van der Waals surface area contributed by atoms with Gasteiger partial charge in [-0.05, 0) is 40.8 Å². The molecule has 0 radical (unpaired) electrons. The Morgan fingerprint density at radius 1 is 0.810 bits per heavy atom. The molecule has 21 heavy (non-hydrogen) atoms. The van der Waals surface area contributed by atoms with Crippen molar-refractivity contribution in [3.63, 3.8) is 0 Å². The molecule has 4 aromatic rings. The van der Waals surface area contributed by atoms with Crippen LogP contribution in [0, 0.1) is 9.39 Å². The Hall–Kier alpha value is -1.88. The predicted molar refractivity (Wildman–Crippen MR) is 93.9 cm³/mol. The molecule has 0 fully saturated rings. The zero-order chi connectivity index (χ0) is 14.4. The summed E-state index contributed by atoms with van der Waals surface area (Å²) in [6.45, 7) is 0. The van der Waals surface area contributed by atoms with E-state index >= 15 is 0 Å². The third kappa shape index (κ3) is 1.95. The van der Waals surface area contributed by atoms with Crippen molar-refractivity contribution in [3.05, 3.63) is 70.1 Å². The average molecular weight is 387 g/mol. The number of halogens is 2. The number of aromatic nitrogens is 1. The molecule has 0 unspecified atom stereocenters. The Balaban J connectivity index is 2.15. The highest BCUT2D eigenvalue weighted by Gasteiger charge is 2.13. The molecule has 1 aromatic heterocycles. The number of H-pyrrole nitrogens is 1. The van der Waals surface area contributed by atoms with E-state index in [1.807, 2.05) is 30.3 Å². The van der Waals surface area contributed by atoms with Gasteiger partial charge in [-0.1, -0.05) is 42.5 Å². The Kier molecular flexibility index (Phi) is 2.96. The van der Waals surface area contributed by atoms with E-state index in [-0.39, 0.29) is 5.82 Å².